The van der Waals surface area contributed by atoms with Gasteiger partial charge in [-0.15, -0.1) is 11.3 Å². The summed E-state index contributed by atoms with van der Waals surface area (Å²) in [6, 6.07) is 10.8. The standard InChI is InChI=1S/C24H23FN4OS/c25-18-5-3-16(4-6-18)9-11-29-15-28-23-22(24(29)30)20-8-7-19(12-21(20)31-23)27-14-17-2-1-10-26-13-17/h1-6,10,13,15,19,27H,7-9,11-12,14H2. The molecule has 0 fully saturated rings. The van der Waals surface area contributed by atoms with Crippen LogP contribution in [0.4, 0.5) is 4.39 Å². The number of aryl methyl sites for hydroxylation is 3. The van der Waals surface area contributed by atoms with E-state index in [1.165, 1.54) is 28.1 Å². The molecule has 0 aliphatic heterocycles. The van der Waals surface area contributed by atoms with Crippen LogP contribution in [0.5, 0.6) is 0 Å². The fourth-order valence-electron chi connectivity index (χ4n) is 4.20. The van der Waals surface area contributed by atoms with Gasteiger partial charge < -0.3 is 5.32 Å². The molecule has 7 heteroatoms. The van der Waals surface area contributed by atoms with Gasteiger partial charge in [-0.2, -0.15) is 0 Å². The van der Waals surface area contributed by atoms with Crippen molar-refractivity contribution >= 4 is 21.6 Å². The van der Waals surface area contributed by atoms with Crippen LogP contribution in [0.25, 0.3) is 10.2 Å². The molecule has 3 heterocycles. The Labute approximate surface area is 183 Å². The first-order valence-corrected chi connectivity index (χ1v) is 11.4. The van der Waals surface area contributed by atoms with E-state index in [-0.39, 0.29) is 11.4 Å². The zero-order valence-electron chi connectivity index (χ0n) is 17.1. The molecule has 0 amide bonds. The Morgan fingerprint density at radius 2 is 2.06 bits per heavy atom. The summed E-state index contributed by atoms with van der Waals surface area (Å²) < 4.78 is 14.8. The van der Waals surface area contributed by atoms with Crippen molar-refractivity contribution in [3.63, 3.8) is 0 Å². The molecule has 4 aromatic rings. The fourth-order valence-corrected chi connectivity index (χ4v) is 5.46. The average molecular weight is 435 g/mol. The van der Waals surface area contributed by atoms with E-state index in [0.717, 1.165) is 41.6 Å². The highest BCUT2D eigenvalue weighted by molar-refractivity contribution is 7.18. The van der Waals surface area contributed by atoms with E-state index in [1.54, 1.807) is 40.6 Å². The maximum Gasteiger partial charge on any atom is 0.262 e. The highest BCUT2D eigenvalue weighted by Gasteiger charge is 2.25. The van der Waals surface area contributed by atoms with Crippen LogP contribution in [-0.2, 0) is 32.4 Å². The maximum atomic E-state index is 13.2. The molecule has 0 saturated carbocycles. The van der Waals surface area contributed by atoms with Gasteiger partial charge in [0.15, 0.2) is 0 Å². The van der Waals surface area contributed by atoms with Gasteiger partial charge in [-0.05, 0) is 60.6 Å². The quantitative estimate of drug-likeness (QED) is 0.500. The van der Waals surface area contributed by atoms with Crippen LogP contribution < -0.4 is 10.9 Å². The number of nitrogens with zero attached hydrogens (tertiary/aromatic N) is 3. The summed E-state index contributed by atoms with van der Waals surface area (Å²) in [4.78, 5) is 24.0. The van der Waals surface area contributed by atoms with Gasteiger partial charge in [-0.1, -0.05) is 18.2 Å². The van der Waals surface area contributed by atoms with Crippen molar-refractivity contribution in [2.75, 3.05) is 0 Å². The number of aromatic nitrogens is 3. The second-order valence-electron chi connectivity index (χ2n) is 7.99. The first-order chi connectivity index (χ1) is 15.2. The summed E-state index contributed by atoms with van der Waals surface area (Å²) in [5.41, 5.74) is 3.39. The average Bonchev–Trinajstić information content (AvgIpc) is 3.17. The summed E-state index contributed by atoms with van der Waals surface area (Å²) in [5.74, 6) is -0.248. The van der Waals surface area contributed by atoms with E-state index in [9.17, 15) is 9.18 Å². The van der Waals surface area contributed by atoms with Crippen LogP contribution >= 0.6 is 11.3 Å². The molecule has 1 aliphatic rings. The molecule has 1 unspecified atom stereocenters. The highest BCUT2D eigenvalue weighted by atomic mass is 32.1. The van der Waals surface area contributed by atoms with Crippen molar-refractivity contribution in [1.29, 1.82) is 0 Å². The van der Waals surface area contributed by atoms with Crippen LogP contribution in [-0.4, -0.2) is 20.6 Å². The molecule has 5 rings (SSSR count). The molecular formula is C24H23FN4OS. The van der Waals surface area contributed by atoms with Crippen LogP contribution in [0.2, 0.25) is 0 Å². The number of rotatable bonds is 6. The summed E-state index contributed by atoms with van der Waals surface area (Å²) in [6.07, 6.45) is 8.80. The van der Waals surface area contributed by atoms with Gasteiger partial charge in [0.1, 0.15) is 10.6 Å². The summed E-state index contributed by atoms with van der Waals surface area (Å²) >= 11 is 1.65. The SMILES string of the molecule is O=c1c2c3c(sc2ncn1CCc1ccc(F)cc1)CC(NCc1cccnc1)CC3. The second kappa shape index (κ2) is 8.69. The van der Waals surface area contributed by atoms with Crippen LogP contribution in [0.1, 0.15) is 28.0 Å². The van der Waals surface area contributed by atoms with Crippen molar-refractivity contribution in [2.45, 2.75) is 44.8 Å². The number of nitrogens with one attached hydrogen (secondary N) is 1. The van der Waals surface area contributed by atoms with Gasteiger partial charge in [-0.3, -0.25) is 14.3 Å². The fraction of sp³-hybridized carbons (Fsp3) is 0.292. The van der Waals surface area contributed by atoms with Crippen molar-refractivity contribution < 1.29 is 4.39 Å². The lowest BCUT2D eigenvalue weighted by atomic mass is 9.93. The minimum absolute atomic E-state index is 0.0337. The molecule has 3 aromatic heterocycles. The number of halogens is 1. The van der Waals surface area contributed by atoms with Gasteiger partial charge in [0, 0.05) is 36.4 Å². The van der Waals surface area contributed by atoms with E-state index in [1.807, 2.05) is 12.3 Å². The van der Waals surface area contributed by atoms with Gasteiger partial charge in [0.2, 0.25) is 0 Å². The number of thiophene rings is 1. The van der Waals surface area contributed by atoms with Crippen LogP contribution in [0.3, 0.4) is 0 Å². The summed E-state index contributed by atoms with van der Waals surface area (Å²) in [6.45, 7) is 1.33. The third kappa shape index (κ3) is 4.29. The first kappa shape index (κ1) is 20.0. The van der Waals surface area contributed by atoms with E-state index in [0.29, 0.717) is 19.0 Å². The Morgan fingerprint density at radius 1 is 1.19 bits per heavy atom. The largest absolute Gasteiger partial charge is 0.309 e. The maximum absolute atomic E-state index is 13.2. The van der Waals surface area contributed by atoms with Crippen LogP contribution in [0, 0.1) is 5.82 Å². The summed E-state index contributed by atoms with van der Waals surface area (Å²) in [5, 5.41) is 4.41. The third-order valence-corrected chi connectivity index (χ3v) is 7.07. The molecule has 0 radical (unpaired) electrons. The molecule has 1 aromatic carbocycles. The lowest BCUT2D eigenvalue weighted by Crippen LogP contribution is -2.33. The molecular weight excluding hydrogens is 411 g/mol. The zero-order valence-corrected chi connectivity index (χ0v) is 17.9. The molecule has 1 N–H and O–H groups in total. The monoisotopic (exact) mass is 434 g/mol. The minimum Gasteiger partial charge on any atom is -0.309 e. The number of benzene rings is 1. The topological polar surface area (TPSA) is 59.8 Å². The molecule has 0 saturated heterocycles. The van der Waals surface area contributed by atoms with Crippen molar-refractivity contribution in [3.8, 4) is 0 Å². The molecule has 158 valence electrons. The summed E-state index contributed by atoms with van der Waals surface area (Å²) in [7, 11) is 0. The van der Waals surface area contributed by atoms with Crippen molar-refractivity contribution in [3.05, 3.63) is 92.9 Å². The van der Waals surface area contributed by atoms with Crippen LogP contribution in [0.15, 0.2) is 59.9 Å². The zero-order chi connectivity index (χ0) is 21.2. The normalized spacial score (nSPS) is 15.8. The van der Waals surface area contributed by atoms with Gasteiger partial charge in [0.05, 0.1) is 11.7 Å². The lowest BCUT2D eigenvalue weighted by Gasteiger charge is -2.23. The first-order valence-electron chi connectivity index (χ1n) is 10.5. The van der Waals surface area contributed by atoms with Gasteiger partial charge in [0.25, 0.3) is 5.56 Å². The minimum atomic E-state index is -0.248. The Balaban J connectivity index is 1.32. The Morgan fingerprint density at radius 3 is 2.87 bits per heavy atom. The van der Waals surface area contributed by atoms with E-state index >= 15 is 0 Å². The molecule has 1 atom stereocenters. The van der Waals surface area contributed by atoms with Gasteiger partial charge in [-0.25, -0.2) is 9.37 Å². The Kier molecular flexibility index (Phi) is 5.61. The smallest absolute Gasteiger partial charge is 0.262 e. The van der Waals surface area contributed by atoms with Gasteiger partial charge >= 0.3 is 0 Å². The predicted octanol–water partition coefficient (Wildman–Crippen LogP) is 3.88. The van der Waals surface area contributed by atoms with Crippen molar-refractivity contribution in [1.82, 2.24) is 19.9 Å². The molecule has 0 bridgehead atoms. The molecule has 0 spiro atoms. The third-order valence-electron chi connectivity index (χ3n) is 5.91. The number of hydrogen-bond donors (Lipinski definition) is 1. The van der Waals surface area contributed by atoms with E-state index < -0.39 is 0 Å². The molecule has 31 heavy (non-hydrogen) atoms. The Bertz CT molecular complexity index is 1250. The van der Waals surface area contributed by atoms with E-state index in [2.05, 4.69) is 21.4 Å². The van der Waals surface area contributed by atoms with Crippen molar-refractivity contribution in [2.24, 2.45) is 0 Å². The molecule has 5 nitrogen and oxygen atoms in total. The Hall–Kier alpha value is -2.90. The number of fused-ring (bicyclic) bond motifs is 3. The highest BCUT2D eigenvalue weighted by Crippen LogP contribution is 2.33. The predicted molar refractivity (Wildman–Crippen MR) is 121 cm³/mol. The number of hydrogen-bond acceptors (Lipinski definition) is 5. The second-order valence-corrected chi connectivity index (χ2v) is 9.07. The lowest BCUT2D eigenvalue weighted by molar-refractivity contribution is 0.462. The molecule has 1 aliphatic carbocycles. The van der Waals surface area contributed by atoms with E-state index in [4.69, 9.17) is 0 Å². The number of pyridine rings is 1.